The van der Waals surface area contributed by atoms with Crippen molar-refractivity contribution in [2.45, 2.75) is 37.8 Å². The van der Waals surface area contributed by atoms with Gasteiger partial charge in [0, 0.05) is 50.5 Å². The van der Waals surface area contributed by atoms with Gasteiger partial charge in [-0.05, 0) is 37.2 Å². The molecule has 7 nitrogen and oxygen atoms in total. The molecule has 1 N–H and O–H groups in total. The fraction of sp³-hybridized carbons (Fsp3) is 0.556. The summed E-state index contributed by atoms with van der Waals surface area (Å²) < 4.78 is 1.86. The van der Waals surface area contributed by atoms with E-state index in [9.17, 15) is 9.90 Å². The average Bonchev–Trinajstić information content (AvgIpc) is 3.29. The molecule has 1 saturated heterocycles. The summed E-state index contributed by atoms with van der Waals surface area (Å²) in [4.78, 5) is 22.8. The first kappa shape index (κ1) is 16.2. The van der Waals surface area contributed by atoms with Crippen molar-refractivity contribution in [3.05, 3.63) is 42.7 Å². The Labute approximate surface area is 146 Å². The molecule has 0 aromatic carbocycles. The van der Waals surface area contributed by atoms with Gasteiger partial charge in [-0.2, -0.15) is 5.10 Å². The summed E-state index contributed by atoms with van der Waals surface area (Å²) in [6.45, 7) is 1.54. The molecule has 0 unspecified atom stereocenters. The first-order valence-corrected chi connectivity index (χ1v) is 8.90. The first-order chi connectivity index (χ1) is 12.2. The minimum absolute atomic E-state index is 0.0193. The molecular weight excluding hydrogens is 318 g/mol. The standard InChI is InChI=1S/C18H23N5O2/c24-17-9-14-12-22(18(25)3-2-15-10-19-5-6-20-15)11-13(14)8-16(17)23-7-1-4-21-23/h1,4-7,10,13-14,16-17,24H,2-3,8-9,11-12H2/t13-,14+,16-,17-/m1/s1. The first-order valence-electron chi connectivity index (χ1n) is 8.90. The van der Waals surface area contributed by atoms with Crippen LogP contribution in [-0.2, 0) is 11.2 Å². The number of amides is 1. The van der Waals surface area contributed by atoms with Crippen molar-refractivity contribution in [1.29, 1.82) is 0 Å². The van der Waals surface area contributed by atoms with Crippen LogP contribution in [0.1, 0.15) is 31.0 Å². The highest BCUT2D eigenvalue weighted by Gasteiger charge is 2.43. The molecule has 1 saturated carbocycles. The van der Waals surface area contributed by atoms with Crippen LogP contribution in [-0.4, -0.2) is 54.9 Å². The predicted octanol–water partition coefficient (Wildman–Crippen LogP) is 1.08. The number of carbonyl (C=O) groups is 1. The molecule has 7 heteroatoms. The van der Waals surface area contributed by atoms with Crippen LogP contribution in [0.4, 0.5) is 0 Å². The molecule has 3 heterocycles. The molecule has 2 fully saturated rings. The number of likely N-dealkylation sites (tertiary alicyclic amines) is 1. The van der Waals surface area contributed by atoms with Crippen LogP contribution in [0.15, 0.2) is 37.1 Å². The molecule has 2 aromatic heterocycles. The van der Waals surface area contributed by atoms with E-state index in [0.717, 1.165) is 31.6 Å². The number of hydrogen-bond donors (Lipinski definition) is 1. The van der Waals surface area contributed by atoms with E-state index < -0.39 is 6.10 Å². The Balaban J connectivity index is 1.35. The van der Waals surface area contributed by atoms with Crippen LogP contribution in [0.5, 0.6) is 0 Å². The molecule has 0 spiro atoms. The van der Waals surface area contributed by atoms with E-state index in [2.05, 4.69) is 15.1 Å². The molecule has 1 aliphatic heterocycles. The van der Waals surface area contributed by atoms with Crippen LogP contribution >= 0.6 is 0 Å². The Morgan fingerprint density at radius 1 is 1.20 bits per heavy atom. The molecule has 4 rings (SSSR count). The van der Waals surface area contributed by atoms with E-state index in [-0.39, 0.29) is 11.9 Å². The topological polar surface area (TPSA) is 84.1 Å². The van der Waals surface area contributed by atoms with Gasteiger partial charge in [-0.1, -0.05) is 0 Å². The van der Waals surface area contributed by atoms with Gasteiger partial charge in [0.25, 0.3) is 0 Å². The lowest BCUT2D eigenvalue weighted by molar-refractivity contribution is -0.130. The number of aromatic nitrogens is 4. The Kier molecular flexibility index (Phi) is 4.48. The number of carbonyl (C=O) groups excluding carboxylic acids is 1. The van der Waals surface area contributed by atoms with E-state index in [1.807, 2.05) is 21.8 Å². The maximum Gasteiger partial charge on any atom is 0.222 e. The van der Waals surface area contributed by atoms with Gasteiger partial charge in [0.15, 0.2) is 0 Å². The van der Waals surface area contributed by atoms with E-state index in [4.69, 9.17) is 0 Å². The predicted molar refractivity (Wildman–Crippen MR) is 90.4 cm³/mol. The summed E-state index contributed by atoms with van der Waals surface area (Å²) in [6, 6.07) is 1.90. The third-order valence-electron chi connectivity index (χ3n) is 5.54. The smallest absolute Gasteiger partial charge is 0.222 e. The monoisotopic (exact) mass is 341 g/mol. The molecule has 4 atom stereocenters. The Morgan fingerprint density at radius 3 is 2.76 bits per heavy atom. The van der Waals surface area contributed by atoms with Crippen LogP contribution in [0.2, 0.25) is 0 Å². The third kappa shape index (κ3) is 3.42. The fourth-order valence-corrected chi connectivity index (χ4v) is 4.22. The summed E-state index contributed by atoms with van der Waals surface area (Å²) >= 11 is 0. The molecule has 0 radical (unpaired) electrons. The number of hydrogen-bond acceptors (Lipinski definition) is 5. The quantitative estimate of drug-likeness (QED) is 0.899. The minimum atomic E-state index is -0.393. The molecular formula is C18H23N5O2. The second kappa shape index (κ2) is 6.92. The SMILES string of the molecule is O=C(CCc1cnccn1)N1C[C@H]2C[C@@H](n3cccn3)[C@H](O)C[C@H]2C1. The normalized spacial score (nSPS) is 28.8. The van der Waals surface area contributed by atoms with Crippen molar-refractivity contribution in [1.82, 2.24) is 24.6 Å². The van der Waals surface area contributed by atoms with Crippen LogP contribution in [0.25, 0.3) is 0 Å². The fourth-order valence-electron chi connectivity index (χ4n) is 4.22. The molecule has 0 bridgehead atoms. The summed E-state index contributed by atoms with van der Waals surface area (Å²) in [7, 11) is 0. The van der Waals surface area contributed by atoms with Crippen molar-refractivity contribution in [2.75, 3.05) is 13.1 Å². The van der Waals surface area contributed by atoms with Crippen molar-refractivity contribution in [3.63, 3.8) is 0 Å². The maximum atomic E-state index is 12.6. The van der Waals surface area contributed by atoms with E-state index >= 15 is 0 Å². The molecule has 2 aliphatic rings. The minimum Gasteiger partial charge on any atom is -0.391 e. The van der Waals surface area contributed by atoms with Crippen molar-refractivity contribution in [3.8, 4) is 0 Å². The zero-order valence-electron chi connectivity index (χ0n) is 14.1. The molecule has 1 aliphatic carbocycles. The molecule has 1 amide bonds. The molecule has 132 valence electrons. The Hall–Kier alpha value is -2.28. The van der Waals surface area contributed by atoms with Gasteiger partial charge in [-0.15, -0.1) is 0 Å². The average molecular weight is 341 g/mol. The lowest BCUT2D eigenvalue weighted by Gasteiger charge is -2.35. The Bertz CT molecular complexity index is 706. The lowest BCUT2D eigenvalue weighted by Crippen LogP contribution is -2.36. The third-order valence-corrected chi connectivity index (χ3v) is 5.54. The van der Waals surface area contributed by atoms with Crippen LogP contribution in [0, 0.1) is 11.8 Å². The van der Waals surface area contributed by atoms with Crippen LogP contribution < -0.4 is 0 Å². The van der Waals surface area contributed by atoms with Gasteiger partial charge in [-0.25, -0.2) is 0 Å². The highest BCUT2D eigenvalue weighted by atomic mass is 16.3. The van der Waals surface area contributed by atoms with Crippen LogP contribution in [0.3, 0.4) is 0 Å². The maximum absolute atomic E-state index is 12.6. The number of aliphatic hydroxyl groups is 1. The van der Waals surface area contributed by atoms with Crippen molar-refractivity contribution >= 4 is 5.91 Å². The number of aliphatic hydroxyl groups excluding tert-OH is 1. The van der Waals surface area contributed by atoms with Crippen molar-refractivity contribution < 1.29 is 9.90 Å². The number of nitrogens with zero attached hydrogens (tertiary/aromatic N) is 5. The Morgan fingerprint density at radius 2 is 2.04 bits per heavy atom. The van der Waals surface area contributed by atoms with E-state index in [1.54, 1.807) is 24.8 Å². The number of rotatable bonds is 4. The second-order valence-electron chi connectivity index (χ2n) is 7.11. The number of aryl methyl sites for hydroxylation is 1. The van der Waals surface area contributed by atoms with Gasteiger partial charge in [-0.3, -0.25) is 19.4 Å². The van der Waals surface area contributed by atoms with Gasteiger partial charge >= 0.3 is 0 Å². The highest BCUT2D eigenvalue weighted by molar-refractivity contribution is 5.76. The lowest BCUT2D eigenvalue weighted by atomic mass is 9.77. The molecule has 25 heavy (non-hydrogen) atoms. The summed E-state index contributed by atoms with van der Waals surface area (Å²) in [5.74, 6) is 1.01. The summed E-state index contributed by atoms with van der Waals surface area (Å²) in [5.41, 5.74) is 0.849. The van der Waals surface area contributed by atoms with E-state index in [1.165, 1.54) is 0 Å². The summed E-state index contributed by atoms with van der Waals surface area (Å²) in [6.07, 6.45) is 11.0. The second-order valence-corrected chi connectivity index (χ2v) is 7.11. The van der Waals surface area contributed by atoms with Crippen molar-refractivity contribution in [2.24, 2.45) is 11.8 Å². The van der Waals surface area contributed by atoms with Gasteiger partial charge < -0.3 is 10.0 Å². The molecule has 2 aromatic rings. The van der Waals surface area contributed by atoms with Gasteiger partial charge in [0.05, 0.1) is 17.8 Å². The van der Waals surface area contributed by atoms with E-state index in [0.29, 0.717) is 24.7 Å². The highest BCUT2D eigenvalue weighted by Crippen LogP contribution is 2.41. The number of fused-ring (bicyclic) bond motifs is 1. The summed E-state index contributed by atoms with van der Waals surface area (Å²) in [5, 5.41) is 14.8. The largest absolute Gasteiger partial charge is 0.391 e. The zero-order chi connectivity index (χ0) is 17.2. The van der Waals surface area contributed by atoms with Gasteiger partial charge in [0.2, 0.25) is 5.91 Å². The zero-order valence-corrected chi connectivity index (χ0v) is 14.1. The van der Waals surface area contributed by atoms with Gasteiger partial charge in [0.1, 0.15) is 0 Å².